The molecule has 2 nitrogen and oxygen atoms in total. The van der Waals surface area contributed by atoms with Gasteiger partial charge < -0.3 is 9.53 Å². The summed E-state index contributed by atoms with van der Waals surface area (Å²) in [5, 5.41) is 10.4. The highest BCUT2D eigenvalue weighted by Crippen LogP contribution is 2.58. The fraction of sp³-hybridized carbons (Fsp3) is 0.900. The third-order valence-corrected chi connectivity index (χ3v) is 11.7. The maximum absolute atomic E-state index is 10.2. The van der Waals surface area contributed by atoms with E-state index in [1.165, 1.54) is 18.4 Å². The lowest BCUT2D eigenvalue weighted by Gasteiger charge is -2.58. The van der Waals surface area contributed by atoms with Gasteiger partial charge in [-0.1, -0.05) is 46.3 Å². The molecule has 0 unspecified atom stereocenters. The Morgan fingerprint density at radius 1 is 1.26 bits per heavy atom. The van der Waals surface area contributed by atoms with Crippen LogP contribution in [-0.4, -0.2) is 26.1 Å². The molecule has 0 aliphatic heterocycles. The summed E-state index contributed by atoms with van der Waals surface area (Å²) in [5.41, 5.74) is 1.56. The minimum absolute atomic E-state index is 0.0148. The van der Waals surface area contributed by atoms with Gasteiger partial charge >= 0.3 is 0 Å². The molecule has 0 heterocycles. The topological polar surface area (TPSA) is 29.5 Å². The second-order valence-electron chi connectivity index (χ2n) is 10.2. The third kappa shape index (κ3) is 3.34. The molecule has 0 bridgehead atoms. The predicted octanol–water partition coefficient (Wildman–Crippen LogP) is 5.53. The van der Waals surface area contributed by atoms with Crippen LogP contribution in [0.3, 0.4) is 0 Å². The molecular weight excluding hydrogens is 300 g/mol. The summed E-state index contributed by atoms with van der Waals surface area (Å²) in [6, 6.07) is 0. The SMILES string of the molecule is CC1=C[C@]2(CO)CC[C@@H](O[Si](C)(C)C(C)(C)C)C(C)(C)[C@H]2CC1. The highest BCUT2D eigenvalue weighted by molar-refractivity contribution is 6.74. The van der Waals surface area contributed by atoms with E-state index in [2.05, 4.69) is 60.7 Å². The van der Waals surface area contributed by atoms with Gasteiger partial charge in [-0.05, 0) is 62.1 Å². The lowest BCUT2D eigenvalue weighted by Crippen LogP contribution is -2.57. The van der Waals surface area contributed by atoms with Crippen LogP contribution in [0.25, 0.3) is 0 Å². The Hall–Kier alpha value is -0.123. The molecule has 0 aromatic heterocycles. The van der Waals surface area contributed by atoms with Crippen molar-refractivity contribution in [1.82, 2.24) is 0 Å². The van der Waals surface area contributed by atoms with E-state index >= 15 is 0 Å². The summed E-state index contributed by atoms with van der Waals surface area (Å²) in [5.74, 6) is 0.521. The predicted molar refractivity (Wildman–Crippen MR) is 101 cm³/mol. The zero-order valence-corrected chi connectivity index (χ0v) is 17.6. The van der Waals surface area contributed by atoms with E-state index in [-0.39, 0.29) is 22.5 Å². The second kappa shape index (κ2) is 6.00. The number of hydrogen-bond donors (Lipinski definition) is 1. The molecule has 23 heavy (non-hydrogen) atoms. The Morgan fingerprint density at radius 2 is 1.87 bits per heavy atom. The molecule has 2 aliphatic carbocycles. The molecule has 1 fully saturated rings. The van der Waals surface area contributed by atoms with Crippen molar-refractivity contribution in [2.45, 2.75) is 91.5 Å². The van der Waals surface area contributed by atoms with Gasteiger partial charge in [0.15, 0.2) is 8.32 Å². The highest BCUT2D eigenvalue weighted by atomic mass is 28.4. The summed E-state index contributed by atoms with van der Waals surface area (Å²) in [7, 11) is -1.76. The van der Waals surface area contributed by atoms with Gasteiger partial charge in [0, 0.05) is 5.41 Å². The van der Waals surface area contributed by atoms with Gasteiger partial charge in [-0.25, -0.2) is 0 Å². The van der Waals surface area contributed by atoms with Gasteiger partial charge in [0.25, 0.3) is 0 Å². The van der Waals surface area contributed by atoms with Crippen molar-refractivity contribution in [2.75, 3.05) is 6.61 Å². The van der Waals surface area contributed by atoms with Crippen LogP contribution in [0.15, 0.2) is 11.6 Å². The van der Waals surface area contributed by atoms with Crippen molar-refractivity contribution in [3.63, 3.8) is 0 Å². The first-order valence-electron chi connectivity index (χ1n) is 9.33. The Kier molecular flexibility index (Phi) is 5.01. The quantitative estimate of drug-likeness (QED) is 0.541. The summed E-state index contributed by atoms with van der Waals surface area (Å²) in [6.07, 6.45) is 7.20. The lowest BCUT2D eigenvalue weighted by molar-refractivity contribution is -0.0989. The van der Waals surface area contributed by atoms with Crippen molar-refractivity contribution in [3.8, 4) is 0 Å². The molecule has 1 N–H and O–H groups in total. The molecular formula is C20H38O2Si. The molecule has 3 heteroatoms. The van der Waals surface area contributed by atoms with E-state index < -0.39 is 8.32 Å². The van der Waals surface area contributed by atoms with Crippen molar-refractivity contribution in [2.24, 2.45) is 16.7 Å². The van der Waals surface area contributed by atoms with Gasteiger partial charge in [0.1, 0.15) is 0 Å². The van der Waals surface area contributed by atoms with Crippen LogP contribution in [0.5, 0.6) is 0 Å². The smallest absolute Gasteiger partial charge is 0.192 e. The summed E-state index contributed by atoms with van der Waals surface area (Å²) < 4.78 is 6.86. The van der Waals surface area contributed by atoms with Crippen LogP contribution in [0.1, 0.15) is 67.2 Å². The summed E-state index contributed by atoms with van der Waals surface area (Å²) >= 11 is 0. The minimum Gasteiger partial charge on any atom is -0.413 e. The second-order valence-corrected chi connectivity index (χ2v) is 15.0. The van der Waals surface area contributed by atoms with Crippen molar-refractivity contribution >= 4 is 8.32 Å². The molecule has 134 valence electrons. The zero-order chi connectivity index (χ0) is 17.7. The maximum Gasteiger partial charge on any atom is 0.192 e. The van der Waals surface area contributed by atoms with E-state index in [1.807, 2.05) is 0 Å². The van der Waals surface area contributed by atoms with Crippen molar-refractivity contribution < 1.29 is 9.53 Å². The molecule has 3 atom stereocenters. The van der Waals surface area contributed by atoms with E-state index in [0.29, 0.717) is 12.0 Å². The number of fused-ring (bicyclic) bond motifs is 1. The van der Waals surface area contributed by atoms with Gasteiger partial charge in [0.05, 0.1) is 12.7 Å². The van der Waals surface area contributed by atoms with Gasteiger partial charge in [-0.2, -0.15) is 0 Å². The fourth-order valence-corrected chi connectivity index (χ4v) is 6.14. The maximum atomic E-state index is 10.2. The van der Waals surface area contributed by atoms with Crippen LogP contribution in [-0.2, 0) is 4.43 Å². The average molecular weight is 339 g/mol. The number of aliphatic hydroxyl groups is 1. The van der Waals surface area contributed by atoms with Crippen LogP contribution in [0.2, 0.25) is 18.1 Å². The Balaban J connectivity index is 2.29. The molecule has 0 aromatic rings. The number of allylic oxidation sites excluding steroid dienone is 1. The van der Waals surface area contributed by atoms with Crippen LogP contribution < -0.4 is 0 Å². The molecule has 0 radical (unpaired) electrons. The number of aliphatic hydroxyl groups excluding tert-OH is 1. The first kappa shape index (κ1) is 19.2. The lowest BCUT2D eigenvalue weighted by atomic mass is 9.51. The molecule has 0 amide bonds. The van der Waals surface area contributed by atoms with Gasteiger partial charge in [-0.15, -0.1) is 0 Å². The Morgan fingerprint density at radius 3 is 2.39 bits per heavy atom. The van der Waals surface area contributed by atoms with E-state index in [9.17, 15) is 5.11 Å². The molecule has 0 spiro atoms. The Labute approximate surface area is 144 Å². The highest BCUT2D eigenvalue weighted by Gasteiger charge is 2.55. The molecule has 0 saturated heterocycles. The first-order valence-corrected chi connectivity index (χ1v) is 12.2. The Bertz CT molecular complexity index is 473. The van der Waals surface area contributed by atoms with Gasteiger partial charge in [0.2, 0.25) is 0 Å². The van der Waals surface area contributed by atoms with Crippen LogP contribution >= 0.6 is 0 Å². The van der Waals surface area contributed by atoms with E-state index in [1.54, 1.807) is 0 Å². The number of rotatable bonds is 3. The zero-order valence-electron chi connectivity index (χ0n) is 16.6. The average Bonchev–Trinajstić information content (AvgIpc) is 2.40. The van der Waals surface area contributed by atoms with E-state index in [0.717, 1.165) is 12.8 Å². The molecule has 1 saturated carbocycles. The van der Waals surface area contributed by atoms with Crippen LogP contribution in [0.4, 0.5) is 0 Å². The summed E-state index contributed by atoms with van der Waals surface area (Å²) in [6.45, 7) is 19.0. The van der Waals surface area contributed by atoms with E-state index in [4.69, 9.17) is 4.43 Å². The molecule has 2 rings (SSSR count). The fourth-order valence-electron chi connectivity index (χ4n) is 4.66. The van der Waals surface area contributed by atoms with Gasteiger partial charge in [-0.3, -0.25) is 0 Å². The normalized spacial score (nSPS) is 34.7. The largest absolute Gasteiger partial charge is 0.413 e. The third-order valence-electron chi connectivity index (χ3n) is 7.19. The number of hydrogen-bond acceptors (Lipinski definition) is 2. The van der Waals surface area contributed by atoms with Crippen LogP contribution in [0, 0.1) is 16.7 Å². The molecule has 2 aliphatic rings. The standard InChI is InChI=1S/C20H38O2Si/c1-15-9-10-16-19(5,6)17(11-12-20(16,13-15)14-21)22-23(7,8)18(2,3)4/h13,16-17,21H,9-12,14H2,1-8H3/t16-,17-,20+/m1/s1. The summed E-state index contributed by atoms with van der Waals surface area (Å²) in [4.78, 5) is 0. The molecule has 0 aromatic carbocycles. The minimum atomic E-state index is -1.76. The first-order chi connectivity index (χ1) is 10.4. The van der Waals surface area contributed by atoms with Crippen molar-refractivity contribution in [1.29, 1.82) is 0 Å². The monoisotopic (exact) mass is 338 g/mol. The van der Waals surface area contributed by atoms with Crippen molar-refractivity contribution in [3.05, 3.63) is 11.6 Å².